The molecule has 86 valence electrons. The minimum atomic E-state index is -1.21. The molecule has 0 radical (unpaired) electrons. The molecule has 0 aliphatic rings. The van der Waals surface area contributed by atoms with Crippen LogP contribution in [0.4, 0.5) is 5.69 Å². The van der Waals surface area contributed by atoms with E-state index in [0.717, 1.165) is 12.0 Å². The molecule has 0 heterocycles. The molecule has 0 unspecified atom stereocenters. The van der Waals surface area contributed by atoms with E-state index in [0.29, 0.717) is 5.69 Å². The quantitative estimate of drug-likeness (QED) is 0.794. The van der Waals surface area contributed by atoms with Crippen LogP contribution in [-0.4, -0.2) is 11.9 Å². The molecule has 1 rings (SSSR count). The van der Waals surface area contributed by atoms with Gasteiger partial charge in [0, 0.05) is 18.1 Å². The number of amides is 1. The number of aliphatic carboxylic acids is 1. The molecule has 1 aromatic rings. The number of aryl methyl sites for hydroxylation is 1. The Morgan fingerprint density at radius 1 is 1.31 bits per heavy atom. The Morgan fingerprint density at radius 3 is 2.69 bits per heavy atom. The summed E-state index contributed by atoms with van der Waals surface area (Å²) in [5.41, 5.74) is 1.82. The summed E-state index contributed by atoms with van der Waals surface area (Å²) in [5.74, 6) is -1.52. The second kappa shape index (κ2) is 5.90. The first-order chi connectivity index (χ1) is 7.61. The number of hydrogen-bond acceptors (Lipinski definition) is 3. The maximum absolute atomic E-state index is 11.3. The first kappa shape index (κ1) is 12.2. The van der Waals surface area contributed by atoms with Crippen molar-refractivity contribution in [3.8, 4) is 0 Å². The maximum atomic E-state index is 11.3. The Hall–Kier alpha value is -1.84. The molecule has 1 aromatic carbocycles. The van der Waals surface area contributed by atoms with Gasteiger partial charge in [-0.05, 0) is 30.5 Å². The van der Waals surface area contributed by atoms with Crippen molar-refractivity contribution >= 4 is 17.6 Å². The van der Waals surface area contributed by atoms with Crippen molar-refractivity contribution in [1.29, 1.82) is 0 Å². The van der Waals surface area contributed by atoms with Crippen molar-refractivity contribution in [1.82, 2.24) is 0 Å². The lowest BCUT2D eigenvalue weighted by molar-refractivity contribution is -0.305. The van der Waals surface area contributed by atoms with E-state index in [1.807, 2.05) is 25.1 Å². The monoisotopic (exact) mass is 220 g/mol. The molecule has 4 nitrogen and oxygen atoms in total. The van der Waals surface area contributed by atoms with Gasteiger partial charge < -0.3 is 15.2 Å². The van der Waals surface area contributed by atoms with Crippen molar-refractivity contribution in [2.24, 2.45) is 0 Å². The Morgan fingerprint density at radius 2 is 2.06 bits per heavy atom. The number of carboxylic acid groups (broad SMARTS) is 1. The zero-order chi connectivity index (χ0) is 12.0. The van der Waals surface area contributed by atoms with Crippen molar-refractivity contribution in [3.63, 3.8) is 0 Å². The highest BCUT2D eigenvalue weighted by Gasteiger charge is 2.02. The van der Waals surface area contributed by atoms with Crippen LogP contribution < -0.4 is 10.4 Å². The summed E-state index contributed by atoms with van der Waals surface area (Å²) in [4.78, 5) is 21.5. The molecule has 0 spiro atoms. The van der Waals surface area contributed by atoms with Gasteiger partial charge in [0.25, 0.3) is 0 Å². The minimum Gasteiger partial charge on any atom is -0.550 e. The fourth-order valence-electron chi connectivity index (χ4n) is 1.31. The number of rotatable bonds is 5. The summed E-state index contributed by atoms with van der Waals surface area (Å²) in [5, 5.41) is 12.8. The average Bonchev–Trinajstić information content (AvgIpc) is 2.26. The number of anilines is 1. The third-order valence-electron chi connectivity index (χ3n) is 2.18. The van der Waals surface area contributed by atoms with Crippen LogP contribution in [-0.2, 0) is 16.0 Å². The number of nitrogens with one attached hydrogen (secondary N) is 1. The molecule has 1 amide bonds. The molecule has 1 N–H and O–H groups in total. The van der Waals surface area contributed by atoms with Gasteiger partial charge in [0.1, 0.15) is 0 Å². The van der Waals surface area contributed by atoms with Crippen molar-refractivity contribution < 1.29 is 14.7 Å². The van der Waals surface area contributed by atoms with Crippen LogP contribution in [0.1, 0.15) is 25.3 Å². The van der Waals surface area contributed by atoms with Gasteiger partial charge in [-0.15, -0.1) is 0 Å². The molecule has 4 heteroatoms. The first-order valence-corrected chi connectivity index (χ1v) is 5.20. The summed E-state index contributed by atoms with van der Waals surface area (Å²) in [6, 6.07) is 7.47. The van der Waals surface area contributed by atoms with E-state index < -0.39 is 5.97 Å². The Labute approximate surface area is 94.3 Å². The lowest BCUT2D eigenvalue weighted by Gasteiger charge is -2.06. The normalized spacial score (nSPS) is 9.81. The molecule has 0 fully saturated rings. The fraction of sp³-hybridized carbons (Fsp3) is 0.333. The van der Waals surface area contributed by atoms with E-state index >= 15 is 0 Å². The number of carboxylic acids is 1. The van der Waals surface area contributed by atoms with E-state index in [4.69, 9.17) is 0 Å². The van der Waals surface area contributed by atoms with Gasteiger partial charge in [-0.3, -0.25) is 4.79 Å². The van der Waals surface area contributed by atoms with Crippen molar-refractivity contribution in [2.45, 2.75) is 26.2 Å². The summed E-state index contributed by atoms with van der Waals surface area (Å²) >= 11 is 0. The molecule has 0 saturated carbocycles. The van der Waals surface area contributed by atoms with Gasteiger partial charge in [-0.2, -0.15) is 0 Å². The average molecular weight is 220 g/mol. The molecular weight excluding hydrogens is 206 g/mol. The largest absolute Gasteiger partial charge is 0.550 e. The zero-order valence-corrected chi connectivity index (χ0v) is 9.16. The highest BCUT2D eigenvalue weighted by molar-refractivity contribution is 5.92. The Balaban J connectivity index is 2.52. The molecule has 0 saturated heterocycles. The second-order valence-corrected chi connectivity index (χ2v) is 3.47. The highest BCUT2D eigenvalue weighted by Crippen LogP contribution is 2.11. The van der Waals surface area contributed by atoms with E-state index in [-0.39, 0.29) is 18.7 Å². The summed E-state index contributed by atoms with van der Waals surface area (Å²) in [7, 11) is 0. The smallest absolute Gasteiger partial charge is 0.224 e. The minimum absolute atomic E-state index is 0.0569. The van der Waals surface area contributed by atoms with Gasteiger partial charge >= 0.3 is 0 Å². The molecular formula is C12H14NO3-. The lowest BCUT2D eigenvalue weighted by Crippen LogP contribution is -2.24. The summed E-state index contributed by atoms with van der Waals surface area (Å²) < 4.78 is 0. The standard InChI is InChI=1S/C12H15NO3/c1-2-9-4-3-5-10(8-9)13-11(14)6-7-12(15)16/h3-5,8H,2,6-7H2,1H3,(H,13,14)(H,15,16)/p-1. The maximum Gasteiger partial charge on any atom is 0.224 e. The molecule has 0 bridgehead atoms. The van der Waals surface area contributed by atoms with Gasteiger partial charge in [0.15, 0.2) is 0 Å². The number of carbonyl (C=O) groups is 2. The SMILES string of the molecule is CCc1cccc(NC(=O)CCC(=O)[O-])c1. The molecule has 0 atom stereocenters. The number of carbonyl (C=O) groups excluding carboxylic acids is 2. The van der Waals surface area contributed by atoms with Gasteiger partial charge in [-0.1, -0.05) is 19.1 Å². The topological polar surface area (TPSA) is 69.2 Å². The van der Waals surface area contributed by atoms with Crippen LogP contribution in [0.15, 0.2) is 24.3 Å². The van der Waals surface area contributed by atoms with Crippen LogP contribution in [0.25, 0.3) is 0 Å². The van der Waals surface area contributed by atoms with Crippen LogP contribution >= 0.6 is 0 Å². The molecule has 0 aliphatic carbocycles. The first-order valence-electron chi connectivity index (χ1n) is 5.20. The van der Waals surface area contributed by atoms with Gasteiger partial charge in [0.05, 0.1) is 0 Å². The Kier molecular flexibility index (Phi) is 4.51. The molecule has 0 aromatic heterocycles. The highest BCUT2D eigenvalue weighted by atomic mass is 16.4. The van der Waals surface area contributed by atoms with Gasteiger partial charge in [-0.25, -0.2) is 0 Å². The van der Waals surface area contributed by atoms with E-state index in [1.165, 1.54) is 0 Å². The van der Waals surface area contributed by atoms with Crippen molar-refractivity contribution in [2.75, 3.05) is 5.32 Å². The van der Waals surface area contributed by atoms with E-state index in [9.17, 15) is 14.7 Å². The van der Waals surface area contributed by atoms with Gasteiger partial charge in [0.2, 0.25) is 5.91 Å². The molecule has 0 aliphatic heterocycles. The van der Waals surface area contributed by atoms with E-state index in [1.54, 1.807) is 6.07 Å². The van der Waals surface area contributed by atoms with Crippen molar-refractivity contribution in [3.05, 3.63) is 29.8 Å². The summed E-state index contributed by atoms with van der Waals surface area (Å²) in [6.45, 7) is 2.02. The third kappa shape index (κ3) is 4.13. The molecule has 16 heavy (non-hydrogen) atoms. The number of hydrogen-bond donors (Lipinski definition) is 1. The number of benzene rings is 1. The van der Waals surface area contributed by atoms with Crippen LogP contribution in [0.3, 0.4) is 0 Å². The van der Waals surface area contributed by atoms with Crippen LogP contribution in [0.2, 0.25) is 0 Å². The van der Waals surface area contributed by atoms with E-state index in [2.05, 4.69) is 5.32 Å². The zero-order valence-electron chi connectivity index (χ0n) is 9.16. The Bertz CT molecular complexity index is 388. The fourth-order valence-corrected chi connectivity index (χ4v) is 1.31. The predicted octanol–water partition coefficient (Wildman–Crippen LogP) is 0.718. The van der Waals surface area contributed by atoms with Crippen LogP contribution in [0, 0.1) is 0 Å². The lowest BCUT2D eigenvalue weighted by atomic mass is 10.1. The van der Waals surface area contributed by atoms with Crippen LogP contribution in [0.5, 0.6) is 0 Å². The third-order valence-corrected chi connectivity index (χ3v) is 2.18. The predicted molar refractivity (Wildman–Crippen MR) is 58.7 cm³/mol. The second-order valence-electron chi connectivity index (χ2n) is 3.47. The summed E-state index contributed by atoms with van der Waals surface area (Å²) in [6.07, 6.45) is 0.584.